The Balaban J connectivity index is 1.59. The van der Waals surface area contributed by atoms with E-state index in [-0.39, 0.29) is 18.2 Å². The molecule has 1 N–H and O–H groups in total. The number of carbonyl (C=O) groups excluding carboxylic acids is 2. The number of amides is 1. The normalized spacial score (nSPS) is 10.3. The lowest BCUT2D eigenvalue weighted by Gasteiger charge is -2.05. The summed E-state index contributed by atoms with van der Waals surface area (Å²) in [4.78, 5) is 27.0. The molecule has 0 bridgehead atoms. The highest BCUT2D eigenvalue weighted by Gasteiger charge is 2.13. The summed E-state index contributed by atoms with van der Waals surface area (Å²) in [5, 5.41) is 4.48. The van der Waals surface area contributed by atoms with Crippen molar-refractivity contribution in [1.82, 2.24) is 4.98 Å². The van der Waals surface area contributed by atoms with Crippen molar-refractivity contribution in [1.29, 1.82) is 0 Å². The standard InChI is InChI=1S/C19H16N2O3S/c1-13(22)20-19-21-17(12-25-19)18(23)24-11-14-7-9-16(10-8-14)15-5-3-2-4-6-15/h2-10,12H,11H2,1H3,(H,20,21,22). The number of esters is 1. The summed E-state index contributed by atoms with van der Waals surface area (Å²) >= 11 is 1.18. The summed E-state index contributed by atoms with van der Waals surface area (Å²) in [6.07, 6.45) is 0. The van der Waals surface area contributed by atoms with Crippen molar-refractivity contribution in [2.24, 2.45) is 0 Å². The van der Waals surface area contributed by atoms with Gasteiger partial charge in [0.2, 0.25) is 5.91 Å². The third-order valence-corrected chi connectivity index (χ3v) is 4.18. The van der Waals surface area contributed by atoms with Gasteiger partial charge >= 0.3 is 5.97 Å². The largest absolute Gasteiger partial charge is 0.456 e. The topological polar surface area (TPSA) is 68.3 Å². The summed E-state index contributed by atoms with van der Waals surface area (Å²) in [5.41, 5.74) is 3.33. The molecular formula is C19H16N2O3S. The van der Waals surface area contributed by atoms with E-state index in [0.717, 1.165) is 16.7 Å². The van der Waals surface area contributed by atoms with Crippen LogP contribution in [-0.4, -0.2) is 16.9 Å². The summed E-state index contributed by atoms with van der Waals surface area (Å²) in [7, 11) is 0. The molecule has 3 rings (SSSR count). The fourth-order valence-corrected chi connectivity index (χ4v) is 2.95. The van der Waals surface area contributed by atoms with Crippen LogP contribution in [0.2, 0.25) is 0 Å². The average molecular weight is 352 g/mol. The number of nitrogens with zero attached hydrogens (tertiary/aromatic N) is 1. The van der Waals surface area contributed by atoms with Crippen LogP contribution in [0.4, 0.5) is 5.13 Å². The molecule has 1 aromatic heterocycles. The van der Waals surface area contributed by atoms with Crippen LogP contribution in [0.5, 0.6) is 0 Å². The molecule has 3 aromatic rings. The molecule has 126 valence electrons. The van der Waals surface area contributed by atoms with Gasteiger partial charge in [-0.25, -0.2) is 9.78 Å². The Hall–Kier alpha value is -2.99. The Labute approximate surface area is 149 Å². The van der Waals surface area contributed by atoms with Gasteiger partial charge in [-0.2, -0.15) is 0 Å². The average Bonchev–Trinajstić information content (AvgIpc) is 3.09. The molecule has 0 fully saturated rings. The summed E-state index contributed by atoms with van der Waals surface area (Å²) in [5.74, 6) is -0.743. The molecule has 0 radical (unpaired) electrons. The molecule has 1 amide bonds. The maximum absolute atomic E-state index is 12.0. The first kappa shape index (κ1) is 16.9. The fourth-order valence-electron chi connectivity index (χ4n) is 2.22. The van der Waals surface area contributed by atoms with Crippen LogP contribution in [0.15, 0.2) is 60.0 Å². The van der Waals surface area contributed by atoms with Gasteiger partial charge in [0.25, 0.3) is 0 Å². The minimum atomic E-state index is -0.514. The first-order valence-electron chi connectivity index (χ1n) is 7.66. The van der Waals surface area contributed by atoms with Crippen LogP contribution < -0.4 is 5.32 Å². The highest BCUT2D eigenvalue weighted by atomic mass is 32.1. The molecule has 0 unspecified atom stereocenters. The number of carbonyl (C=O) groups is 2. The van der Waals surface area contributed by atoms with Crippen LogP contribution in [0.25, 0.3) is 11.1 Å². The molecule has 0 spiro atoms. The molecule has 1 heterocycles. The number of hydrogen-bond donors (Lipinski definition) is 1. The molecule has 25 heavy (non-hydrogen) atoms. The molecule has 0 aliphatic carbocycles. The van der Waals surface area contributed by atoms with Crippen molar-refractivity contribution < 1.29 is 14.3 Å². The summed E-state index contributed by atoms with van der Waals surface area (Å²) in [6, 6.07) is 17.9. The molecule has 0 aliphatic heterocycles. The van der Waals surface area contributed by atoms with Crippen LogP contribution in [-0.2, 0) is 16.1 Å². The quantitative estimate of drug-likeness (QED) is 0.701. The maximum atomic E-state index is 12.0. The molecule has 6 heteroatoms. The highest BCUT2D eigenvalue weighted by Crippen LogP contribution is 2.20. The predicted octanol–water partition coefficient (Wildman–Crippen LogP) is 4.13. The van der Waals surface area contributed by atoms with Gasteiger partial charge < -0.3 is 10.1 Å². The highest BCUT2D eigenvalue weighted by molar-refractivity contribution is 7.14. The van der Waals surface area contributed by atoms with Crippen molar-refractivity contribution >= 4 is 28.3 Å². The van der Waals surface area contributed by atoms with E-state index in [1.807, 2.05) is 54.6 Å². The molecule has 0 saturated carbocycles. The zero-order chi connectivity index (χ0) is 17.6. The van der Waals surface area contributed by atoms with Crippen molar-refractivity contribution in [2.45, 2.75) is 13.5 Å². The number of hydrogen-bond acceptors (Lipinski definition) is 5. The monoisotopic (exact) mass is 352 g/mol. The van der Waals surface area contributed by atoms with E-state index in [1.165, 1.54) is 18.3 Å². The van der Waals surface area contributed by atoms with Gasteiger partial charge in [0.15, 0.2) is 10.8 Å². The predicted molar refractivity (Wildman–Crippen MR) is 97.4 cm³/mol. The minimum Gasteiger partial charge on any atom is -0.456 e. The number of anilines is 1. The van der Waals surface area contributed by atoms with E-state index in [4.69, 9.17) is 4.74 Å². The SMILES string of the molecule is CC(=O)Nc1nc(C(=O)OCc2ccc(-c3ccccc3)cc2)cs1. The Morgan fingerprint density at radius 1 is 1.04 bits per heavy atom. The van der Waals surface area contributed by atoms with Crippen LogP contribution in [0, 0.1) is 0 Å². The van der Waals surface area contributed by atoms with Gasteiger partial charge in [0, 0.05) is 12.3 Å². The number of thiazole rings is 1. The van der Waals surface area contributed by atoms with E-state index in [9.17, 15) is 9.59 Å². The molecular weight excluding hydrogens is 336 g/mol. The Morgan fingerprint density at radius 2 is 1.72 bits per heavy atom. The van der Waals surface area contributed by atoms with Gasteiger partial charge in [-0.05, 0) is 16.7 Å². The van der Waals surface area contributed by atoms with E-state index in [1.54, 1.807) is 5.38 Å². The first-order valence-corrected chi connectivity index (χ1v) is 8.54. The molecule has 0 saturated heterocycles. The number of rotatable bonds is 5. The third-order valence-electron chi connectivity index (χ3n) is 3.43. The smallest absolute Gasteiger partial charge is 0.358 e. The van der Waals surface area contributed by atoms with Gasteiger partial charge in [-0.15, -0.1) is 11.3 Å². The maximum Gasteiger partial charge on any atom is 0.358 e. The van der Waals surface area contributed by atoms with Gasteiger partial charge in [-0.3, -0.25) is 4.79 Å². The summed E-state index contributed by atoms with van der Waals surface area (Å²) < 4.78 is 5.27. The lowest BCUT2D eigenvalue weighted by Crippen LogP contribution is -2.08. The van der Waals surface area contributed by atoms with E-state index < -0.39 is 5.97 Å². The van der Waals surface area contributed by atoms with Gasteiger partial charge in [0.1, 0.15) is 6.61 Å². The van der Waals surface area contributed by atoms with Crippen LogP contribution >= 0.6 is 11.3 Å². The Morgan fingerprint density at radius 3 is 2.40 bits per heavy atom. The number of benzene rings is 2. The zero-order valence-electron chi connectivity index (χ0n) is 13.6. The van der Waals surface area contributed by atoms with Crippen LogP contribution in [0.1, 0.15) is 23.0 Å². The first-order chi connectivity index (χ1) is 12.1. The van der Waals surface area contributed by atoms with E-state index in [2.05, 4.69) is 10.3 Å². The molecule has 2 aromatic carbocycles. The molecule has 0 aliphatic rings. The number of nitrogens with one attached hydrogen (secondary N) is 1. The van der Waals surface area contributed by atoms with Crippen molar-refractivity contribution in [3.05, 3.63) is 71.2 Å². The summed E-state index contributed by atoms with van der Waals surface area (Å²) in [6.45, 7) is 1.55. The van der Waals surface area contributed by atoms with Gasteiger partial charge in [0.05, 0.1) is 0 Å². The molecule has 5 nitrogen and oxygen atoms in total. The van der Waals surface area contributed by atoms with Crippen molar-refractivity contribution in [2.75, 3.05) is 5.32 Å². The third kappa shape index (κ3) is 4.51. The number of aromatic nitrogens is 1. The minimum absolute atomic E-state index is 0.168. The Kier molecular flexibility index (Phi) is 5.20. The lowest BCUT2D eigenvalue weighted by molar-refractivity contribution is -0.114. The lowest BCUT2D eigenvalue weighted by atomic mass is 10.0. The second-order valence-electron chi connectivity index (χ2n) is 5.36. The molecule has 0 atom stereocenters. The Bertz CT molecular complexity index is 873. The van der Waals surface area contributed by atoms with Crippen LogP contribution in [0.3, 0.4) is 0 Å². The van der Waals surface area contributed by atoms with Gasteiger partial charge in [-0.1, -0.05) is 54.6 Å². The van der Waals surface area contributed by atoms with Crippen molar-refractivity contribution in [3.8, 4) is 11.1 Å². The number of ether oxygens (including phenoxy) is 1. The zero-order valence-corrected chi connectivity index (χ0v) is 14.4. The van der Waals surface area contributed by atoms with E-state index in [0.29, 0.717) is 5.13 Å². The second-order valence-corrected chi connectivity index (χ2v) is 6.22. The fraction of sp³-hybridized carbons (Fsp3) is 0.105. The van der Waals surface area contributed by atoms with E-state index >= 15 is 0 Å². The van der Waals surface area contributed by atoms with Crippen molar-refractivity contribution in [3.63, 3.8) is 0 Å². The second kappa shape index (κ2) is 7.72.